The van der Waals surface area contributed by atoms with Gasteiger partial charge in [-0.05, 0) is 76.9 Å². The summed E-state index contributed by atoms with van der Waals surface area (Å²) in [5, 5.41) is 1.35. The largest absolute Gasteiger partial charge is 0.323 e. The van der Waals surface area contributed by atoms with Crippen LogP contribution >= 0.6 is 23.2 Å². The van der Waals surface area contributed by atoms with Gasteiger partial charge in [0.2, 0.25) is 0 Å². The van der Waals surface area contributed by atoms with Crippen molar-refractivity contribution in [3.8, 4) is 11.1 Å². The molecule has 3 heterocycles. The molecule has 3 aromatic heterocycles. The van der Waals surface area contributed by atoms with Crippen LogP contribution in [0.4, 0.5) is 0 Å². The quantitative estimate of drug-likeness (QED) is 0.284. The number of rotatable bonds is 5. The third-order valence-corrected chi connectivity index (χ3v) is 6.32. The van der Waals surface area contributed by atoms with Gasteiger partial charge in [0.1, 0.15) is 5.82 Å². The number of fused-ring (bicyclic) bond motifs is 1. The van der Waals surface area contributed by atoms with E-state index in [-0.39, 0.29) is 5.92 Å². The molecule has 0 aliphatic heterocycles. The van der Waals surface area contributed by atoms with E-state index in [0.717, 1.165) is 39.1 Å². The molecule has 6 heteroatoms. The summed E-state index contributed by atoms with van der Waals surface area (Å²) in [5.41, 5.74) is 6.32. The predicted molar refractivity (Wildman–Crippen MR) is 130 cm³/mol. The molecule has 2 aromatic carbocycles. The SMILES string of the molecule is CC(c1ccncc1)c1nc2ccc(-c3ccncc3)cc2n1Cc1cc(Cl)ccc1Cl. The first-order valence-electron chi connectivity index (χ1n) is 10.3. The van der Waals surface area contributed by atoms with Crippen molar-refractivity contribution in [3.05, 3.63) is 112 Å². The minimum Gasteiger partial charge on any atom is -0.323 e. The molecule has 0 radical (unpaired) electrons. The van der Waals surface area contributed by atoms with Crippen molar-refractivity contribution < 1.29 is 0 Å². The van der Waals surface area contributed by atoms with Crippen LogP contribution in [0.5, 0.6) is 0 Å². The molecule has 0 fully saturated rings. The first-order valence-corrected chi connectivity index (χ1v) is 11.1. The Balaban J connectivity index is 1.69. The molecule has 158 valence electrons. The van der Waals surface area contributed by atoms with Gasteiger partial charge in [0, 0.05) is 40.8 Å². The number of hydrogen-bond donors (Lipinski definition) is 0. The summed E-state index contributed by atoms with van der Waals surface area (Å²) in [5.74, 6) is 1.04. The molecule has 0 saturated heterocycles. The number of aromatic nitrogens is 4. The van der Waals surface area contributed by atoms with E-state index in [1.165, 1.54) is 0 Å². The van der Waals surface area contributed by atoms with Crippen LogP contribution in [0.1, 0.15) is 29.8 Å². The van der Waals surface area contributed by atoms with Crippen LogP contribution < -0.4 is 0 Å². The summed E-state index contributed by atoms with van der Waals surface area (Å²) >= 11 is 12.8. The molecule has 4 nitrogen and oxygen atoms in total. The number of halogens is 2. The smallest absolute Gasteiger partial charge is 0.117 e. The zero-order valence-electron chi connectivity index (χ0n) is 17.4. The molecule has 0 bridgehead atoms. The summed E-state index contributed by atoms with van der Waals surface area (Å²) in [6, 6.07) is 20.0. The molecule has 0 aliphatic rings. The molecule has 5 rings (SSSR count). The van der Waals surface area contributed by atoms with E-state index in [4.69, 9.17) is 28.2 Å². The van der Waals surface area contributed by atoms with Crippen molar-refractivity contribution in [1.29, 1.82) is 0 Å². The lowest BCUT2D eigenvalue weighted by atomic mass is 10.0. The van der Waals surface area contributed by atoms with Gasteiger partial charge in [-0.1, -0.05) is 36.2 Å². The van der Waals surface area contributed by atoms with Gasteiger partial charge in [-0.15, -0.1) is 0 Å². The Morgan fingerprint density at radius 3 is 2.28 bits per heavy atom. The van der Waals surface area contributed by atoms with Gasteiger partial charge in [0.05, 0.1) is 17.6 Å². The lowest BCUT2D eigenvalue weighted by Crippen LogP contribution is -2.10. The third kappa shape index (κ3) is 3.99. The molecule has 1 atom stereocenters. The van der Waals surface area contributed by atoms with E-state index in [1.807, 2.05) is 48.8 Å². The fourth-order valence-electron chi connectivity index (χ4n) is 4.00. The van der Waals surface area contributed by atoms with Crippen LogP contribution in [0.2, 0.25) is 10.0 Å². The van der Waals surface area contributed by atoms with Crippen molar-refractivity contribution in [2.45, 2.75) is 19.4 Å². The zero-order chi connectivity index (χ0) is 22.1. The molecule has 0 amide bonds. The summed E-state index contributed by atoms with van der Waals surface area (Å²) < 4.78 is 2.24. The Kier molecular flexibility index (Phi) is 5.64. The van der Waals surface area contributed by atoms with Crippen LogP contribution in [0.15, 0.2) is 85.5 Å². The standard InChI is InChI=1S/C26H20Cl2N4/c1-17(18-6-10-29-11-7-18)26-31-24-5-2-20(19-8-12-30-13-9-19)15-25(24)32(26)16-21-14-22(27)3-4-23(21)28/h2-15,17H,16H2,1H3. The maximum atomic E-state index is 6.53. The number of benzene rings is 2. The van der Waals surface area contributed by atoms with E-state index in [9.17, 15) is 0 Å². The molecular weight excluding hydrogens is 439 g/mol. The fraction of sp³-hybridized carbons (Fsp3) is 0.115. The zero-order valence-corrected chi connectivity index (χ0v) is 18.9. The Labute approximate surface area is 196 Å². The summed E-state index contributed by atoms with van der Waals surface area (Å²) in [6.07, 6.45) is 7.24. The monoisotopic (exact) mass is 458 g/mol. The van der Waals surface area contributed by atoms with Crippen LogP contribution in [-0.4, -0.2) is 19.5 Å². The first-order chi connectivity index (χ1) is 15.6. The topological polar surface area (TPSA) is 43.6 Å². The molecule has 0 spiro atoms. The highest BCUT2D eigenvalue weighted by molar-refractivity contribution is 6.33. The Morgan fingerprint density at radius 1 is 0.812 bits per heavy atom. The first kappa shape index (κ1) is 20.7. The normalized spacial score (nSPS) is 12.2. The minimum atomic E-state index is 0.0766. The lowest BCUT2D eigenvalue weighted by molar-refractivity contribution is 0.704. The molecule has 0 saturated carbocycles. The van der Waals surface area contributed by atoms with Crippen molar-refractivity contribution in [1.82, 2.24) is 19.5 Å². The van der Waals surface area contributed by atoms with Gasteiger partial charge in [-0.3, -0.25) is 9.97 Å². The number of pyridine rings is 2. The summed E-state index contributed by atoms with van der Waals surface area (Å²) in [6.45, 7) is 2.73. The second-order valence-electron chi connectivity index (χ2n) is 7.73. The van der Waals surface area contributed by atoms with E-state index >= 15 is 0 Å². The van der Waals surface area contributed by atoms with Crippen LogP contribution in [0.3, 0.4) is 0 Å². The van der Waals surface area contributed by atoms with Crippen molar-refractivity contribution in [2.75, 3.05) is 0 Å². The van der Waals surface area contributed by atoms with E-state index in [1.54, 1.807) is 18.5 Å². The molecular formula is C26H20Cl2N4. The summed E-state index contributed by atoms with van der Waals surface area (Å²) in [7, 11) is 0. The number of imidazole rings is 1. The lowest BCUT2D eigenvalue weighted by Gasteiger charge is -2.16. The average Bonchev–Trinajstić information content (AvgIpc) is 3.19. The fourth-order valence-corrected chi connectivity index (χ4v) is 4.37. The van der Waals surface area contributed by atoms with Crippen LogP contribution in [-0.2, 0) is 6.54 Å². The van der Waals surface area contributed by atoms with E-state index < -0.39 is 0 Å². The molecule has 5 aromatic rings. The van der Waals surface area contributed by atoms with Gasteiger partial charge in [0.15, 0.2) is 0 Å². The maximum Gasteiger partial charge on any atom is 0.117 e. The van der Waals surface area contributed by atoms with Gasteiger partial charge >= 0.3 is 0 Å². The molecule has 1 unspecified atom stereocenters. The van der Waals surface area contributed by atoms with Crippen molar-refractivity contribution in [3.63, 3.8) is 0 Å². The van der Waals surface area contributed by atoms with E-state index in [0.29, 0.717) is 16.6 Å². The van der Waals surface area contributed by atoms with Crippen molar-refractivity contribution >= 4 is 34.2 Å². The highest BCUT2D eigenvalue weighted by atomic mass is 35.5. The second-order valence-corrected chi connectivity index (χ2v) is 8.58. The number of hydrogen-bond acceptors (Lipinski definition) is 3. The second kappa shape index (κ2) is 8.73. The highest BCUT2D eigenvalue weighted by Crippen LogP contribution is 2.32. The van der Waals surface area contributed by atoms with Gasteiger partial charge in [-0.2, -0.15) is 0 Å². The maximum absolute atomic E-state index is 6.53. The van der Waals surface area contributed by atoms with Gasteiger partial charge in [0.25, 0.3) is 0 Å². The third-order valence-electron chi connectivity index (χ3n) is 5.72. The minimum absolute atomic E-state index is 0.0766. The predicted octanol–water partition coefficient (Wildman–Crippen LogP) is 7.00. The van der Waals surface area contributed by atoms with Gasteiger partial charge in [-0.25, -0.2) is 4.98 Å². The Morgan fingerprint density at radius 2 is 1.53 bits per heavy atom. The number of nitrogens with zero attached hydrogens (tertiary/aromatic N) is 4. The average molecular weight is 459 g/mol. The molecule has 32 heavy (non-hydrogen) atoms. The van der Waals surface area contributed by atoms with Crippen LogP contribution in [0.25, 0.3) is 22.2 Å². The van der Waals surface area contributed by atoms with E-state index in [2.05, 4.69) is 39.7 Å². The molecule has 0 N–H and O–H groups in total. The van der Waals surface area contributed by atoms with Crippen molar-refractivity contribution in [2.24, 2.45) is 0 Å². The molecule has 0 aliphatic carbocycles. The summed E-state index contributed by atoms with van der Waals surface area (Å²) in [4.78, 5) is 13.3. The Bertz CT molecular complexity index is 1380. The van der Waals surface area contributed by atoms with Crippen LogP contribution in [0, 0.1) is 0 Å². The highest BCUT2D eigenvalue weighted by Gasteiger charge is 2.20. The Hall–Kier alpha value is -3.21. The van der Waals surface area contributed by atoms with Gasteiger partial charge < -0.3 is 4.57 Å².